The van der Waals surface area contributed by atoms with E-state index >= 15 is 0 Å². The molecule has 5 nitrogen and oxygen atoms in total. The molecule has 0 radical (unpaired) electrons. The van der Waals surface area contributed by atoms with Gasteiger partial charge in [0.1, 0.15) is 0 Å². The van der Waals surface area contributed by atoms with E-state index in [1.54, 1.807) is 36.4 Å². The maximum atomic E-state index is 13.0. The van der Waals surface area contributed by atoms with Crippen molar-refractivity contribution in [1.82, 2.24) is 15.1 Å². The monoisotopic (exact) mass is 535 g/mol. The lowest BCUT2D eigenvalue weighted by Crippen LogP contribution is -2.53. The molecule has 1 aliphatic rings. The first-order chi connectivity index (χ1) is 17.0. The number of nitrogens with zero attached hydrogens (tertiary/aromatic N) is 2. The average molecular weight is 536 g/mol. The molecule has 1 heterocycles. The molecule has 1 aliphatic heterocycles. The molecule has 1 N–H and O–H groups in total. The van der Waals surface area contributed by atoms with Gasteiger partial charge in [0.15, 0.2) is 0 Å². The average Bonchev–Trinajstić information content (AvgIpc) is 2.79. The maximum absolute atomic E-state index is 13.0. The van der Waals surface area contributed by atoms with Crippen LogP contribution < -0.4 is 15.8 Å². The number of carbonyl (C=O) groups excluding carboxylic acids is 2. The summed E-state index contributed by atoms with van der Waals surface area (Å²) in [5.74, 6) is 0.189. The Balaban J connectivity index is 1.63. The van der Waals surface area contributed by atoms with Crippen LogP contribution in [-0.4, -0.2) is 65.8 Å². The minimum atomic E-state index is -2.82. The summed E-state index contributed by atoms with van der Waals surface area (Å²) in [6.07, 6.45) is 2.62. The third kappa shape index (κ3) is 7.46. The van der Waals surface area contributed by atoms with Gasteiger partial charge in [-0.2, -0.15) is 8.78 Å². The number of rotatable bonds is 10. The van der Waals surface area contributed by atoms with Crippen LogP contribution >= 0.6 is 23.4 Å². The smallest absolute Gasteiger partial charge is 0.291 e. The summed E-state index contributed by atoms with van der Waals surface area (Å²) in [7, 11) is 1.97. The second-order valence-corrected chi connectivity index (χ2v) is 10.9. The second-order valence-electron chi connectivity index (χ2n) is 9.08. The Labute approximate surface area is 220 Å². The van der Waals surface area contributed by atoms with E-state index in [2.05, 4.69) is 16.8 Å². The number of amides is 2. The first-order valence-corrected chi connectivity index (χ1v) is 13.2. The molecule has 194 valence electrons. The second kappa shape index (κ2) is 12.1. The number of nitrogens with one attached hydrogen (secondary N) is 1. The summed E-state index contributed by atoms with van der Waals surface area (Å²) < 4.78 is 26.0. The number of hydrogen-bond donors (Lipinski definition) is 1. The fraction of sp³-hybridized carbons (Fsp3) is 0.407. The van der Waals surface area contributed by atoms with Gasteiger partial charge in [-0.3, -0.25) is 9.59 Å². The molecule has 2 amide bonds. The summed E-state index contributed by atoms with van der Waals surface area (Å²) in [6, 6.07) is 10.4. The van der Waals surface area contributed by atoms with Gasteiger partial charge in [0.05, 0.1) is 0 Å². The fourth-order valence-electron chi connectivity index (χ4n) is 4.26. The van der Waals surface area contributed by atoms with Crippen molar-refractivity contribution in [3.63, 3.8) is 0 Å². The largest absolute Gasteiger partial charge is 0.380 e. The summed E-state index contributed by atoms with van der Waals surface area (Å²) in [6.45, 7) is 9.22. The maximum Gasteiger partial charge on any atom is 0.291 e. The molecule has 9 heteroatoms. The van der Waals surface area contributed by atoms with E-state index < -0.39 is 5.25 Å². The molecule has 1 saturated heterocycles. The quantitative estimate of drug-likeness (QED) is 0.470. The third-order valence-corrected chi connectivity index (χ3v) is 7.19. The van der Waals surface area contributed by atoms with Gasteiger partial charge in [-0.1, -0.05) is 42.9 Å². The molecule has 3 rings (SSSR count). The number of likely N-dealkylation sites (tertiary alicyclic amines) is 1. The van der Waals surface area contributed by atoms with E-state index in [1.165, 1.54) is 0 Å². The number of thioether (sulfide) groups is 1. The standard InChI is InChI=1S/C27H32ClF2N3O2S/c1-5-22-23(25(34)31-12-13-36-27(3,29)30)11-6-18(2)24(22)17-32(4)14-19-15-33(16-19)26(35)20-7-9-21(28)10-8-20/h6-11,17,19H,2,5,12-16H2,1,3-4H3,(H,31,34)/b24-17+. The summed E-state index contributed by atoms with van der Waals surface area (Å²) in [5.41, 5.74) is 2.03. The van der Waals surface area contributed by atoms with Crippen molar-refractivity contribution in [3.05, 3.63) is 68.5 Å². The van der Waals surface area contributed by atoms with E-state index in [4.69, 9.17) is 11.6 Å². The van der Waals surface area contributed by atoms with Crippen LogP contribution in [-0.2, 0) is 6.42 Å². The van der Waals surface area contributed by atoms with Crippen LogP contribution in [0.4, 0.5) is 8.78 Å². The van der Waals surface area contributed by atoms with Gasteiger partial charge in [0, 0.05) is 79.4 Å². The molecule has 1 fully saturated rings. The Morgan fingerprint density at radius 3 is 2.53 bits per heavy atom. The highest BCUT2D eigenvalue weighted by Crippen LogP contribution is 2.27. The van der Waals surface area contributed by atoms with Crippen LogP contribution in [0.3, 0.4) is 0 Å². The Hall–Kier alpha value is -2.58. The predicted octanol–water partition coefficient (Wildman–Crippen LogP) is 3.83. The van der Waals surface area contributed by atoms with Crippen LogP contribution in [0.5, 0.6) is 0 Å². The molecule has 0 saturated carbocycles. The molecule has 2 aromatic carbocycles. The van der Waals surface area contributed by atoms with E-state index in [-0.39, 0.29) is 24.1 Å². The van der Waals surface area contributed by atoms with Crippen molar-refractivity contribution in [2.75, 3.05) is 39.0 Å². The zero-order valence-electron chi connectivity index (χ0n) is 20.8. The molecule has 36 heavy (non-hydrogen) atoms. The molecule has 0 atom stereocenters. The molecule has 0 aromatic heterocycles. The normalized spacial score (nSPS) is 14.5. The van der Waals surface area contributed by atoms with Gasteiger partial charge in [-0.25, -0.2) is 0 Å². The lowest BCUT2D eigenvalue weighted by atomic mass is 9.97. The zero-order chi connectivity index (χ0) is 26.5. The molecule has 0 unspecified atom stereocenters. The predicted molar refractivity (Wildman–Crippen MR) is 144 cm³/mol. The number of halogens is 3. The van der Waals surface area contributed by atoms with Crippen molar-refractivity contribution < 1.29 is 18.4 Å². The number of hydrogen-bond acceptors (Lipinski definition) is 4. The Bertz CT molecular complexity index is 1200. The van der Waals surface area contributed by atoms with Gasteiger partial charge in [0.25, 0.3) is 17.1 Å². The van der Waals surface area contributed by atoms with Crippen LogP contribution in [0.15, 0.2) is 36.4 Å². The Kier molecular flexibility index (Phi) is 9.41. The Morgan fingerprint density at radius 1 is 1.25 bits per heavy atom. The van der Waals surface area contributed by atoms with Crippen molar-refractivity contribution >= 4 is 48.0 Å². The van der Waals surface area contributed by atoms with Crippen molar-refractivity contribution in [2.24, 2.45) is 5.92 Å². The molecule has 2 aromatic rings. The topological polar surface area (TPSA) is 52.7 Å². The van der Waals surface area contributed by atoms with E-state index in [1.807, 2.05) is 25.1 Å². The first kappa shape index (κ1) is 28.0. The third-order valence-electron chi connectivity index (χ3n) is 6.02. The van der Waals surface area contributed by atoms with Crippen molar-refractivity contribution in [1.29, 1.82) is 0 Å². The zero-order valence-corrected chi connectivity index (χ0v) is 22.4. The highest BCUT2D eigenvalue weighted by atomic mass is 35.5. The van der Waals surface area contributed by atoms with Crippen molar-refractivity contribution in [3.8, 4) is 0 Å². The highest BCUT2D eigenvalue weighted by Gasteiger charge is 2.31. The minimum Gasteiger partial charge on any atom is -0.380 e. The van der Waals surface area contributed by atoms with Gasteiger partial charge < -0.3 is 15.1 Å². The van der Waals surface area contributed by atoms with E-state index in [9.17, 15) is 18.4 Å². The lowest BCUT2D eigenvalue weighted by Gasteiger charge is -2.41. The van der Waals surface area contributed by atoms with Gasteiger partial charge in [0.2, 0.25) is 0 Å². The van der Waals surface area contributed by atoms with Crippen LogP contribution in [0.2, 0.25) is 5.02 Å². The molecule has 0 bridgehead atoms. The van der Waals surface area contributed by atoms with E-state index in [0.29, 0.717) is 53.3 Å². The van der Waals surface area contributed by atoms with Crippen molar-refractivity contribution in [2.45, 2.75) is 25.5 Å². The summed E-state index contributed by atoms with van der Waals surface area (Å²) in [4.78, 5) is 29.3. The molecular formula is C27H32ClF2N3O2S. The summed E-state index contributed by atoms with van der Waals surface area (Å²) >= 11 is 6.42. The van der Waals surface area contributed by atoms with Gasteiger partial charge in [-0.15, -0.1) is 0 Å². The van der Waals surface area contributed by atoms with Crippen LogP contribution in [0.1, 0.15) is 40.1 Å². The van der Waals surface area contributed by atoms with Gasteiger partial charge >= 0.3 is 0 Å². The number of alkyl halides is 2. The van der Waals surface area contributed by atoms with Gasteiger partial charge in [-0.05, 0) is 47.5 Å². The Morgan fingerprint density at radius 2 is 1.92 bits per heavy atom. The number of carbonyl (C=O) groups is 2. The number of benzene rings is 2. The first-order valence-electron chi connectivity index (χ1n) is 11.9. The summed E-state index contributed by atoms with van der Waals surface area (Å²) in [5, 5.41) is 2.22. The van der Waals surface area contributed by atoms with Crippen LogP contribution in [0.25, 0.3) is 12.8 Å². The SMILES string of the molecule is C=c1ccc(C(=O)NCCSC(C)(F)F)c(CC)/c1=C/N(C)CC1CN(C(=O)c2ccc(Cl)cc2)C1. The van der Waals surface area contributed by atoms with Crippen LogP contribution in [0, 0.1) is 5.92 Å². The molecule has 0 spiro atoms. The highest BCUT2D eigenvalue weighted by molar-refractivity contribution is 8.00. The fourth-order valence-corrected chi connectivity index (χ4v) is 4.95. The molecular weight excluding hydrogens is 504 g/mol. The van der Waals surface area contributed by atoms with E-state index in [0.717, 1.165) is 29.5 Å². The lowest BCUT2D eigenvalue weighted by molar-refractivity contribution is 0.0468. The minimum absolute atomic E-state index is 0.00244. The molecule has 0 aliphatic carbocycles.